The van der Waals surface area contributed by atoms with Crippen LogP contribution in [0, 0.1) is 23.0 Å². The zero-order chi connectivity index (χ0) is 29.2. The Labute approximate surface area is 242 Å². The van der Waals surface area contributed by atoms with Crippen LogP contribution in [0.5, 0.6) is 0 Å². The average Bonchev–Trinajstić information content (AvgIpc) is 3.42. The van der Waals surface area contributed by atoms with Crippen LogP contribution in [-0.4, -0.2) is 87.4 Å². The molecule has 0 spiro atoms. The molecular weight excluding hydrogens is 540 g/mol. The molecule has 2 aliphatic heterocycles. The van der Waals surface area contributed by atoms with Crippen molar-refractivity contribution >= 4 is 23.1 Å². The Morgan fingerprint density at radius 2 is 1.86 bits per heavy atom. The summed E-state index contributed by atoms with van der Waals surface area (Å²) in [5.41, 5.74) is 2.66. The second-order valence-corrected chi connectivity index (χ2v) is 10.8. The summed E-state index contributed by atoms with van der Waals surface area (Å²) >= 11 is 0. The van der Waals surface area contributed by atoms with Gasteiger partial charge in [-0.1, -0.05) is 12.1 Å². The molecule has 42 heavy (non-hydrogen) atoms. The Morgan fingerprint density at radius 3 is 2.62 bits per heavy atom. The van der Waals surface area contributed by atoms with Crippen molar-refractivity contribution in [2.24, 2.45) is 0 Å². The summed E-state index contributed by atoms with van der Waals surface area (Å²) in [6.45, 7) is 4.65. The van der Waals surface area contributed by atoms with Crippen molar-refractivity contribution in [2.75, 3.05) is 56.5 Å². The predicted octanol–water partition coefficient (Wildman–Crippen LogP) is 3.80. The van der Waals surface area contributed by atoms with Crippen LogP contribution in [0.25, 0.3) is 28.4 Å². The van der Waals surface area contributed by atoms with E-state index < -0.39 is 11.6 Å². The van der Waals surface area contributed by atoms with Crippen LogP contribution < -0.4 is 10.2 Å². The molecule has 12 heteroatoms. The predicted molar refractivity (Wildman–Crippen MR) is 155 cm³/mol. The van der Waals surface area contributed by atoms with Gasteiger partial charge in [-0.05, 0) is 44.2 Å². The molecule has 1 aromatic carbocycles. The number of likely N-dealkylation sites (N-methyl/N-ethyl adjacent to an activating group) is 1. The van der Waals surface area contributed by atoms with Gasteiger partial charge in [0.05, 0.1) is 12.3 Å². The molecule has 2 aliphatic rings. The summed E-state index contributed by atoms with van der Waals surface area (Å²) in [4.78, 5) is 32.0. The summed E-state index contributed by atoms with van der Waals surface area (Å²) in [5.74, 6) is -1.15. The van der Waals surface area contributed by atoms with Crippen molar-refractivity contribution in [2.45, 2.75) is 25.3 Å². The number of imidazole rings is 1. The molecule has 1 atom stereocenters. The molecule has 1 unspecified atom stereocenters. The van der Waals surface area contributed by atoms with Crippen molar-refractivity contribution in [3.63, 3.8) is 0 Å². The molecule has 5 heterocycles. The third-order valence-corrected chi connectivity index (χ3v) is 7.90. The number of halogens is 2. The lowest BCUT2D eigenvalue weighted by atomic mass is 10.0. The number of anilines is 2. The van der Waals surface area contributed by atoms with Crippen LogP contribution in [0.3, 0.4) is 0 Å². The van der Waals surface area contributed by atoms with Crippen molar-refractivity contribution in [3.8, 4) is 28.8 Å². The standard InChI is InChI=1S/C30H31F2N9O/c1-38-13-15-39(16-14-38)23-7-4-20(5-8-23)28-27(32)30(35-22-3-2-12-40(19-22)26(42)10-11-33)37-29(36-28)24-17-34-25-9-6-21(31)18-41(24)25/h4-9,17-18,22H,2-3,10,12-16,19H2,1H3,(H,35,36,37). The van der Waals surface area contributed by atoms with Gasteiger partial charge in [-0.3, -0.25) is 9.20 Å². The Bertz CT molecular complexity index is 1640. The minimum atomic E-state index is -0.619. The first-order valence-corrected chi connectivity index (χ1v) is 14.1. The van der Waals surface area contributed by atoms with E-state index in [1.807, 2.05) is 30.3 Å². The van der Waals surface area contributed by atoms with E-state index >= 15 is 4.39 Å². The number of carbonyl (C=O) groups excluding carboxylic acids is 1. The molecule has 6 rings (SSSR count). The average molecular weight is 572 g/mol. The van der Waals surface area contributed by atoms with Gasteiger partial charge in [0, 0.05) is 62.8 Å². The number of piperidine rings is 1. The Morgan fingerprint density at radius 1 is 1.07 bits per heavy atom. The second kappa shape index (κ2) is 11.7. The van der Waals surface area contributed by atoms with Crippen LogP contribution >= 0.6 is 0 Å². The summed E-state index contributed by atoms with van der Waals surface area (Å²) in [7, 11) is 2.11. The molecule has 0 radical (unpaired) electrons. The number of benzene rings is 1. The van der Waals surface area contributed by atoms with Crippen LogP contribution in [0.2, 0.25) is 0 Å². The van der Waals surface area contributed by atoms with Gasteiger partial charge in [0.15, 0.2) is 17.5 Å². The van der Waals surface area contributed by atoms with Crippen molar-refractivity contribution in [1.29, 1.82) is 5.26 Å². The van der Waals surface area contributed by atoms with Gasteiger partial charge >= 0.3 is 0 Å². The minimum Gasteiger partial charge on any atom is -0.369 e. The van der Waals surface area contributed by atoms with Gasteiger partial charge in [-0.15, -0.1) is 0 Å². The fourth-order valence-electron chi connectivity index (χ4n) is 5.56. The van der Waals surface area contributed by atoms with E-state index in [2.05, 4.69) is 37.1 Å². The maximum absolute atomic E-state index is 16.2. The molecule has 3 aromatic heterocycles. The third kappa shape index (κ3) is 5.60. The number of pyridine rings is 1. The van der Waals surface area contributed by atoms with Gasteiger partial charge in [-0.2, -0.15) is 5.26 Å². The Kier molecular flexibility index (Phi) is 7.67. The largest absolute Gasteiger partial charge is 0.369 e. The Balaban J connectivity index is 1.37. The Hall–Kier alpha value is -4.63. The summed E-state index contributed by atoms with van der Waals surface area (Å²) in [5, 5.41) is 12.1. The maximum atomic E-state index is 16.2. The third-order valence-electron chi connectivity index (χ3n) is 7.90. The number of likely N-dealkylation sites (tertiary alicyclic amines) is 1. The van der Waals surface area contributed by atoms with E-state index in [1.54, 1.807) is 11.0 Å². The number of aromatic nitrogens is 4. The SMILES string of the molecule is CN1CCN(c2ccc(-c3nc(-c4cnc5ccc(F)cn45)nc(NC4CCCN(C(=O)CC#N)C4)c3F)cc2)CC1. The van der Waals surface area contributed by atoms with E-state index in [0.29, 0.717) is 42.8 Å². The molecule has 10 nitrogen and oxygen atoms in total. The lowest BCUT2D eigenvalue weighted by Crippen LogP contribution is -2.45. The lowest BCUT2D eigenvalue weighted by molar-refractivity contribution is -0.131. The number of amides is 1. The molecule has 1 amide bonds. The zero-order valence-corrected chi connectivity index (χ0v) is 23.3. The smallest absolute Gasteiger partial charge is 0.236 e. The van der Waals surface area contributed by atoms with E-state index in [4.69, 9.17) is 5.26 Å². The van der Waals surface area contributed by atoms with Crippen LogP contribution in [0.4, 0.5) is 20.3 Å². The highest BCUT2D eigenvalue weighted by Crippen LogP contribution is 2.31. The van der Waals surface area contributed by atoms with Gasteiger partial charge in [-0.25, -0.2) is 23.7 Å². The first kappa shape index (κ1) is 27.5. The number of hydrogen-bond acceptors (Lipinski definition) is 8. The highest BCUT2D eigenvalue weighted by atomic mass is 19.1. The van der Waals surface area contributed by atoms with E-state index in [1.165, 1.54) is 22.9 Å². The molecule has 2 saturated heterocycles. The van der Waals surface area contributed by atoms with E-state index in [0.717, 1.165) is 31.9 Å². The first-order valence-electron chi connectivity index (χ1n) is 14.1. The van der Waals surface area contributed by atoms with Gasteiger partial charge in [0.1, 0.15) is 29.3 Å². The zero-order valence-electron chi connectivity index (χ0n) is 23.3. The normalized spacial score (nSPS) is 17.8. The van der Waals surface area contributed by atoms with E-state index in [-0.39, 0.29) is 35.7 Å². The van der Waals surface area contributed by atoms with E-state index in [9.17, 15) is 9.18 Å². The minimum absolute atomic E-state index is 0.0101. The number of rotatable bonds is 6. The summed E-state index contributed by atoms with van der Waals surface area (Å²) in [6, 6.07) is 12.1. The van der Waals surface area contributed by atoms with Crippen molar-refractivity contribution < 1.29 is 13.6 Å². The van der Waals surface area contributed by atoms with Gasteiger partial charge in [0.25, 0.3) is 0 Å². The fraction of sp³-hybridized carbons (Fsp3) is 0.367. The monoisotopic (exact) mass is 571 g/mol. The fourth-order valence-corrected chi connectivity index (χ4v) is 5.56. The van der Waals surface area contributed by atoms with Crippen LogP contribution in [0.15, 0.2) is 48.8 Å². The van der Waals surface area contributed by atoms with Crippen LogP contribution in [-0.2, 0) is 4.79 Å². The highest BCUT2D eigenvalue weighted by molar-refractivity contribution is 5.78. The number of nitrogens with zero attached hydrogens (tertiary/aromatic N) is 8. The highest BCUT2D eigenvalue weighted by Gasteiger charge is 2.27. The summed E-state index contributed by atoms with van der Waals surface area (Å²) in [6.07, 6.45) is 4.04. The molecule has 0 saturated carbocycles. The molecule has 0 bridgehead atoms. The van der Waals surface area contributed by atoms with Crippen molar-refractivity contribution in [1.82, 2.24) is 29.2 Å². The van der Waals surface area contributed by atoms with Gasteiger partial charge in [0.2, 0.25) is 5.91 Å². The van der Waals surface area contributed by atoms with Gasteiger partial charge < -0.3 is 20.0 Å². The van der Waals surface area contributed by atoms with Crippen LogP contribution in [0.1, 0.15) is 19.3 Å². The van der Waals surface area contributed by atoms with Crippen molar-refractivity contribution in [3.05, 3.63) is 60.4 Å². The topological polar surface area (TPSA) is 106 Å². The number of nitrogens with one attached hydrogen (secondary N) is 1. The molecule has 2 fully saturated rings. The number of fused-ring (bicyclic) bond motifs is 1. The molecule has 0 aliphatic carbocycles. The number of carbonyl (C=O) groups is 1. The molecule has 216 valence electrons. The molecule has 4 aromatic rings. The number of nitriles is 1. The second-order valence-electron chi connectivity index (χ2n) is 10.8. The lowest BCUT2D eigenvalue weighted by Gasteiger charge is -2.34. The number of piperazine rings is 1. The maximum Gasteiger partial charge on any atom is 0.236 e. The number of hydrogen-bond donors (Lipinski definition) is 1. The quantitative estimate of drug-likeness (QED) is 0.373. The molecule has 1 N–H and O–H groups in total. The first-order chi connectivity index (χ1) is 20.4. The molecular formula is C30H31F2N9O. The summed E-state index contributed by atoms with van der Waals surface area (Å²) < 4.78 is 31.9.